The number of hydrogen-bond donors (Lipinski definition) is 2. The standard InChI is InChI=1S/C9H6F2O4/c10-5-1-4(2-7(12)9(14)15)8(13)6(11)3-5/h1,3,13H,2H2,(H,14,15). The van der Waals surface area contributed by atoms with Gasteiger partial charge in [-0.15, -0.1) is 0 Å². The molecular formula is C9H6F2O4. The first kappa shape index (κ1) is 11.1. The Hall–Kier alpha value is -1.98. The second-order valence-corrected chi connectivity index (χ2v) is 2.80. The molecule has 0 atom stereocenters. The van der Waals surface area contributed by atoms with Crippen LogP contribution in [0.25, 0.3) is 0 Å². The monoisotopic (exact) mass is 216 g/mol. The van der Waals surface area contributed by atoms with Crippen molar-refractivity contribution in [3.63, 3.8) is 0 Å². The van der Waals surface area contributed by atoms with E-state index < -0.39 is 35.6 Å². The average molecular weight is 216 g/mol. The fraction of sp³-hybridized carbons (Fsp3) is 0.111. The number of carbonyl (C=O) groups excluding carboxylic acids is 1. The van der Waals surface area contributed by atoms with Gasteiger partial charge in [0.05, 0.1) is 0 Å². The molecular weight excluding hydrogens is 210 g/mol. The van der Waals surface area contributed by atoms with Gasteiger partial charge in [-0.1, -0.05) is 0 Å². The van der Waals surface area contributed by atoms with Crippen LogP contribution in [0, 0.1) is 11.6 Å². The molecule has 1 rings (SSSR count). The van der Waals surface area contributed by atoms with Crippen LogP contribution in [0.5, 0.6) is 5.75 Å². The zero-order valence-corrected chi connectivity index (χ0v) is 7.33. The smallest absolute Gasteiger partial charge is 0.372 e. The Bertz CT molecular complexity index is 428. The van der Waals surface area contributed by atoms with Gasteiger partial charge in [0.2, 0.25) is 5.78 Å². The Morgan fingerprint density at radius 3 is 2.40 bits per heavy atom. The summed E-state index contributed by atoms with van der Waals surface area (Å²) in [5, 5.41) is 17.3. The van der Waals surface area contributed by atoms with E-state index in [1.165, 1.54) is 0 Å². The van der Waals surface area contributed by atoms with Crippen molar-refractivity contribution in [2.75, 3.05) is 0 Å². The number of ketones is 1. The fourth-order valence-electron chi connectivity index (χ4n) is 1.00. The molecule has 0 aliphatic carbocycles. The number of phenolic OH excluding ortho intramolecular Hbond substituents is 1. The Morgan fingerprint density at radius 2 is 1.87 bits per heavy atom. The van der Waals surface area contributed by atoms with Gasteiger partial charge in [0.1, 0.15) is 5.82 Å². The second kappa shape index (κ2) is 4.04. The summed E-state index contributed by atoms with van der Waals surface area (Å²) in [7, 11) is 0. The highest BCUT2D eigenvalue weighted by Gasteiger charge is 2.17. The molecule has 0 aliphatic rings. The lowest BCUT2D eigenvalue weighted by molar-refractivity contribution is -0.148. The highest BCUT2D eigenvalue weighted by atomic mass is 19.1. The summed E-state index contributed by atoms with van der Waals surface area (Å²) >= 11 is 0. The molecule has 0 fully saturated rings. The molecule has 0 saturated carbocycles. The number of Topliss-reactive ketones (excluding diaryl/α,β-unsaturated/α-hetero) is 1. The summed E-state index contributed by atoms with van der Waals surface area (Å²) in [6, 6.07) is 1.14. The first-order valence-electron chi connectivity index (χ1n) is 3.85. The van der Waals surface area contributed by atoms with Crippen LogP contribution in [-0.4, -0.2) is 22.0 Å². The molecule has 0 heterocycles. The highest BCUT2D eigenvalue weighted by molar-refractivity contribution is 6.33. The van der Waals surface area contributed by atoms with Gasteiger partial charge in [0, 0.05) is 18.1 Å². The largest absolute Gasteiger partial charge is 0.505 e. The van der Waals surface area contributed by atoms with Crippen LogP contribution in [0.4, 0.5) is 8.78 Å². The first-order chi connectivity index (χ1) is 6.91. The summed E-state index contributed by atoms with van der Waals surface area (Å²) < 4.78 is 25.4. The SMILES string of the molecule is O=C(O)C(=O)Cc1cc(F)cc(F)c1O. The van der Waals surface area contributed by atoms with Gasteiger partial charge < -0.3 is 10.2 Å². The van der Waals surface area contributed by atoms with Crippen molar-refractivity contribution >= 4 is 11.8 Å². The summed E-state index contributed by atoms with van der Waals surface area (Å²) in [6.07, 6.45) is -0.754. The summed E-state index contributed by atoms with van der Waals surface area (Å²) in [5.74, 6) is -6.11. The van der Waals surface area contributed by atoms with Crippen molar-refractivity contribution in [3.05, 3.63) is 29.3 Å². The van der Waals surface area contributed by atoms with E-state index in [1.54, 1.807) is 0 Å². The van der Waals surface area contributed by atoms with E-state index >= 15 is 0 Å². The third kappa shape index (κ3) is 2.49. The number of carboxylic acid groups (broad SMARTS) is 1. The minimum atomic E-state index is -1.72. The fourth-order valence-corrected chi connectivity index (χ4v) is 1.00. The van der Waals surface area contributed by atoms with Crippen molar-refractivity contribution in [1.82, 2.24) is 0 Å². The van der Waals surface area contributed by atoms with Gasteiger partial charge in [-0.05, 0) is 6.07 Å². The van der Waals surface area contributed by atoms with Crippen molar-refractivity contribution < 1.29 is 28.6 Å². The van der Waals surface area contributed by atoms with E-state index in [-0.39, 0.29) is 5.56 Å². The number of rotatable bonds is 3. The van der Waals surface area contributed by atoms with Gasteiger partial charge in [0.25, 0.3) is 0 Å². The topological polar surface area (TPSA) is 74.6 Å². The van der Waals surface area contributed by atoms with Gasteiger partial charge in [0.15, 0.2) is 11.6 Å². The van der Waals surface area contributed by atoms with E-state index in [0.29, 0.717) is 12.1 Å². The quantitative estimate of drug-likeness (QED) is 0.735. The molecule has 0 unspecified atom stereocenters. The minimum absolute atomic E-state index is 0.389. The van der Waals surface area contributed by atoms with E-state index in [9.17, 15) is 18.4 Å². The number of hydrogen-bond acceptors (Lipinski definition) is 3. The first-order valence-corrected chi connectivity index (χ1v) is 3.85. The number of carbonyl (C=O) groups is 2. The predicted octanol–water partition coefficient (Wildman–Crippen LogP) is 0.867. The third-order valence-corrected chi connectivity index (χ3v) is 1.70. The van der Waals surface area contributed by atoms with Gasteiger partial charge in [-0.25, -0.2) is 13.6 Å². The van der Waals surface area contributed by atoms with Gasteiger partial charge in [-0.3, -0.25) is 4.79 Å². The van der Waals surface area contributed by atoms with Gasteiger partial charge >= 0.3 is 5.97 Å². The average Bonchev–Trinajstić information content (AvgIpc) is 2.13. The lowest BCUT2D eigenvalue weighted by atomic mass is 10.1. The molecule has 4 nitrogen and oxygen atoms in total. The van der Waals surface area contributed by atoms with Crippen LogP contribution in [0.2, 0.25) is 0 Å². The van der Waals surface area contributed by atoms with Crippen molar-refractivity contribution in [2.24, 2.45) is 0 Å². The Balaban J connectivity index is 3.05. The number of carboxylic acids is 1. The number of phenols is 1. The lowest BCUT2D eigenvalue weighted by Crippen LogP contribution is -2.15. The third-order valence-electron chi connectivity index (χ3n) is 1.70. The minimum Gasteiger partial charge on any atom is -0.505 e. The highest BCUT2D eigenvalue weighted by Crippen LogP contribution is 2.23. The zero-order chi connectivity index (χ0) is 11.6. The number of aliphatic carboxylic acids is 1. The summed E-state index contributed by atoms with van der Waals surface area (Å²) in [4.78, 5) is 20.9. The second-order valence-electron chi connectivity index (χ2n) is 2.80. The molecule has 1 aromatic carbocycles. The van der Waals surface area contributed by atoms with Crippen molar-refractivity contribution in [2.45, 2.75) is 6.42 Å². The van der Waals surface area contributed by atoms with Crippen LogP contribution in [0.1, 0.15) is 5.56 Å². The molecule has 1 aromatic rings. The molecule has 2 N–H and O–H groups in total. The lowest BCUT2D eigenvalue weighted by Gasteiger charge is -2.03. The maximum Gasteiger partial charge on any atom is 0.372 e. The number of halogens is 2. The molecule has 0 amide bonds. The van der Waals surface area contributed by atoms with E-state index in [1.807, 2.05) is 0 Å². The van der Waals surface area contributed by atoms with Crippen LogP contribution in [-0.2, 0) is 16.0 Å². The summed E-state index contributed by atoms with van der Waals surface area (Å²) in [5.41, 5.74) is -0.389. The molecule has 15 heavy (non-hydrogen) atoms. The number of aromatic hydroxyl groups is 1. The maximum atomic E-state index is 12.7. The Kier molecular flexibility index (Phi) is 2.99. The molecule has 6 heteroatoms. The van der Waals surface area contributed by atoms with Crippen molar-refractivity contribution in [1.29, 1.82) is 0 Å². The number of benzene rings is 1. The van der Waals surface area contributed by atoms with E-state index in [4.69, 9.17) is 10.2 Å². The molecule has 0 spiro atoms. The molecule has 0 radical (unpaired) electrons. The van der Waals surface area contributed by atoms with Crippen LogP contribution < -0.4 is 0 Å². The van der Waals surface area contributed by atoms with E-state index in [2.05, 4.69) is 0 Å². The molecule has 80 valence electrons. The van der Waals surface area contributed by atoms with Gasteiger partial charge in [-0.2, -0.15) is 0 Å². The van der Waals surface area contributed by atoms with Crippen molar-refractivity contribution in [3.8, 4) is 5.75 Å². The van der Waals surface area contributed by atoms with Crippen LogP contribution >= 0.6 is 0 Å². The molecule has 0 bridgehead atoms. The van der Waals surface area contributed by atoms with Crippen LogP contribution in [0.15, 0.2) is 12.1 Å². The predicted molar refractivity (Wildman–Crippen MR) is 44.4 cm³/mol. The Labute approximate surface area is 82.8 Å². The maximum absolute atomic E-state index is 12.7. The Morgan fingerprint density at radius 1 is 1.27 bits per heavy atom. The molecule has 0 aromatic heterocycles. The normalized spacial score (nSPS) is 10.0. The zero-order valence-electron chi connectivity index (χ0n) is 7.33. The molecule has 0 saturated heterocycles. The van der Waals surface area contributed by atoms with Crippen LogP contribution in [0.3, 0.4) is 0 Å². The van der Waals surface area contributed by atoms with E-state index in [0.717, 1.165) is 0 Å². The summed E-state index contributed by atoms with van der Waals surface area (Å²) in [6.45, 7) is 0. The molecule has 0 aliphatic heterocycles.